The van der Waals surface area contributed by atoms with Gasteiger partial charge in [-0.3, -0.25) is 4.98 Å². The highest BCUT2D eigenvalue weighted by atomic mass is 16.5. The minimum Gasteiger partial charge on any atom is -0.496 e. The zero-order valence-electron chi connectivity index (χ0n) is 13.5. The highest BCUT2D eigenvalue weighted by molar-refractivity contribution is 5.45. The molecule has 1 atom stereocenters. The van der Waals surface area contributed by atoms with Crippen molar-refractivity contribution in [3.63, 3.8) is 0 Å². The number of rotatable bonds is 5. The summed E-state index contributed by atoms with van der Waals surface area (Å²) in [6.45, 7) is 9.33. The molecule has 0 spiro atoms. The molecule has 0 aliphatic heterocycles. The molecule has 21 heavy (non-hydrogen) atoms. The van der Waals surface area contributed by atoms with Crippen LogP contribution in [0, 0.1) is 20.8 Å². The van der Waals surface area contributed by atoms with E-state index < -0.39 is 0 Å². The van der Waals surface area contributed by atoms with E-state index in [2.05, 4.69) is 56.2 Å². The van der Waals surface area contributed by atoms with Gasteiger partial charge in [0.2, 0.25) is 0 Å². The lowest BCUT2D eigenvalue weighted by atomic mass is 9.94. The standard InChI is InChI=1S/C18H24N2O/c1-6-19-18(17-12(2)8-7-9-20-17)15-10-14(4)16(21-5)11-13(15)3/h7-11,18-19H,6H2,1-5H3. The van der Waals surface area contributed by atoms with Crippen LogP contribution in [-0.4, -0.2) is 18.6 Å². The Kier molecular flexibility index (Phi) is 4.97. The normalized spacial score (nSPS) is 12.2. The van der Waals surface area contributed by atoms with Crippen LogP contribution in [0.3, 0.4) is 0 Å². The number of aryl methyl sites for hydroxylation is 3. The molecule has 3 nitrogen and oxygen atoms in total. The molecule has 0 fully saturated rings. The maximum absolute atomic E-state index is 5.41. The molecule has 2 aromatic rings. The van der Waals surface area contributed by atoms with Gasteiger partial charge in [-0.2, -0.15) is 0 Å². The van der Waals surface area contributed by atoms with Crippen LogP contribution in [-0.2, 0) is 0 Å². The molecule has 1 N–H and O–H groups in total. The van der Waals surface area contributed by atoms with Crippen molar-refractivity contribution in [2.75, 3.05) is 13.7 Å². The lowest BCUT2D eigenvalue weighted by Gasteiger charge is -2.23. The Labute approximate surface area is 127 Å². The van der Waals surface area contributed by atoms with Crippen LogP contribution in [0.4, 0.5) is 0 Å². The van der Waals surface area contributed by atoms with E-state index in [1.165, 1.54) is 16.7 Å². The Hall–Kier alpha value is -1.87. The first kappa shape index (κ1) is 15.5. The summed E-state index contributed by atoms with van der Waals surface area (Å²) in [6.07, 6.45) is 1.86. The van der Waals surface area contributed by atoms with Crippen molar-refractivity contribution in [1.82, 2.24) is 10.3 Å². The van der Waals surface area contributed by atoms with Crippen LogP contribution >= 0.6 is 0 Å². The Morgan fingerprint density at radius 3 is 2.52 bits per heavy atom. The smallest absolute Gasteiger partial charge is 0.122 e. The van der Waals surface area contributed by atoms with E-state index in [9.17, 15) is 0 Å². The van der Waals surface area contributed by atoms with Crippen LogP contribution in [0.1, 0.15) is 40.9 Å². The summed E-state index contributed by atoms with van der Waals surface area (Å²) < 4.78 is 5.41. The van der Waals surface area contributed by atoms with Gasteiger partial charge in [0, 0.05) is 6.20 Å². The van der Waals surface area contributed by atoms with Gasteiger partial charge in [0.05, 0.1) is 18.8 Å². The van der Waals surface area contributed by atoms with Crippen molar-refractivity contribution in [2.24, 2.45) is 0 Å². The number of methoxy groups -OCH3 is 1. The Bertz CT molecular complexity index is 623. The minimum atomic E-state index is 0.112. The lowest BCUT2D eigenvalue weighted by molar-refractivity contribution is 0.411. The zero-order valence-corrected chi connectivity index (χ0v) is 13.5. The quantitative estimate of drug-likeness (QED) is 0.908. The average molecular weight is 284 g/mol. The van der Waals surface area contributed by atoms with Crippen molar-refractivity contribution >= 4 is 0 Å². The molecule has 1 aromatic carbocycles. The van der Waals surface area contributed by atoms with E-state index in [1.807, 2.05) is 12.3 Å². The van der Waals surface area contributed by atoms with Gasteiger partial charge in [-0.05, 0) is 61.7 Å². The van der Waals surface area contributed by atoms with Gasteiger partial charge in [-0.25, -0.2) is 0 Å². The predicted octanol–water partition coefficient (Wildman–Crippen LogP) is 3.71. The monoisotopic (exact) mass is 284 g/mol. The molecule has 0 aliphatic carbocycles. The van der Waals surface area contributed by atoms with E-state index in [1.54, 1.807) is 7.11 Å². The molecule has 3 heteroatoms. The minimum absolute atomic E-state index is 0.112. The molecular weight excluding hydrogens is 260 g/mol. The molecule has 0 bridgehead atoms. The molecule has 2 rings (SSSR count). The number of nitrogens with one attached hydrogen (secondary N) is 1. The molecule has 0 saturated heterocycles. The molecule has 1 heterocycles. The first-order valence-electron chi connectivity index (χ1n) is 7.38. The summed E-state index contributed by atoms with van der Waals surface area (Å²) in [7, 11) is 1.71. The fraction of sp³-hybridized carbons (Fsp3) is 0.389. The summed E-state index contributed by atoms with van der Waals surface area (Å²) in [5.41, 5.74) is 5.92. The molecular formula is C18H24N2O. The number of nitrogens with zero attached hydrogens (tertiary/aromatic N) is 1. The topological polar surface area (TPSA) is 34.1 Å². The number of ether oxygens (including phenoxy) is 1. The number of aromatic nitrogens is 1. The molecule has 1 aromatic heterocycles. The van der Waals surface area contributed by atoms with Gasteiger partial charge in [0.25, 0.3) is 0 Å². The van der Waals surface area contributed by atoms with Gasteiger partial charge in [-0.1, -0.05) is 19.1 Å². The number of hydrogen-bond donors (Lipinski definition) is 1. The van der Waals surface area contributed by atoms with Gasteiger partial charge in [0.15, 0.2) is 0 Å². The van der Waals surface area contributed by atoms with Crippen LogP contribution in [0.2, 0.25) is 0 Å². The van der Waals surface area contributed by atoms with Crippen molar-refractivity contribution < 1.29 is 4.74 Å². The zero-order chi connectivity index (χ0) is 15.4. The van der Waals surface area contributed by atoms with E-state index in [-0.39, 0.29) is 6.04 Å². The Morgan fingerprint density at radius 2 is 1.90 bits per heavy atom. The Balaban J connectivity index is 2.53. The SMILES string of the molecule is CCNC(c1cc(C)c(OC)cc1C)c1ncccc1C. The summed E-state index contributed by atoms with van der Waals surface area (Å²) in [4.78, 5) is 4.59. The summed E-state index contributed by atoms with van der Waals surface area (Å²) in [6, 6.07) is 8.51. The predicted molar refractivity (Wildman–Crippen MR) is 87.0 cm³/mol. The molecule has 1 unspecified atom stereocenters. The highest BCUT2D eigenvalue weighted by Gasteiger charge is 2.19. The van der Waals surface area contributed by atoms with E-state index >= 15 is 0 Å². The maximum atomic E-state index is 5.41. The molecule has 0 amide bonds. The van der Waals surface area contributed by atoms with Crippen molar-refractivity contribution in [2.45, 2.75) is 33.7 Å². The number of benzene rings is 1. The van der Waals surface area contributed by atoms with E-state index in [0.717, 1.165) is 23.6 Å². The van der Waals surface area contributed by atoms with Gasteiger partial charge in [-0.15, -0.1) is 0 Å². The van der Waals surface area contributed by atoms with Crippen molar-refractivity contribution in [1.29, 1.82) is 0 Å². The third-order valence-electron chi connectivity index (χ3n) is 3.83. The second-order valence-corrected chi connectivity index (χ2v) is 5.37. The largest absolute Gasteiger partial charge is 0.496 e. The molecule has 0 radical (unpaired) electrons. The average Bonchev–Trinajstić information content (AvgIpc) is 2.48. The van der Waals surface area contributed by atoms with Crippen LogP contribution in [0.25, 0.3) is 0 Å². The Morgan fingerprint density at radius 1 is 1.14 bits per heavy atom. The fourth-order valence-corrected chi connectivity index (χ4v) is 2.70. The molecule has 112 valence electrons. The van der Waals surface area contributed by atoms with Gasteiger partial charge < -0.3 is 10.1 Å². The second kappa shape index (κ2) is 6.72. The van der Waals surface area contributed by atoms with Gasteiger partial charge >= 0.3 is 0 Å². The lowest BCUT2D eigenvalue weighted by Crippen LogP contribution is -2.24. The molecule has 0 aliphatic rings. The maximum Gasteiger partial charge on any atom is 0.122 e. The first-order valence-corrected chi connectivity index (χ1v) is 7.38. The summed E-state index contributed by atoms with van der Waals surface area (Å²) >= 11 is 0. The third-order valence-corrected chi connectivity index (χ3v) is 3.83. The molecule has 0 saturated carbocycles. The highest BCUT2D eigenvalue weighted by Crippen LogP contribution is 2.30. The fourth-order valence-electron chi connectivity index (χ4n) is 2.70. The van der Waals surface area contributed by atoms with Crippen molar-refractivity contribution in [3.05, 3.63) is 58.4 Å². The number of pyridine rings is 1. The summed E-state index contributed by atoms with van der Waals surface area (Å²) in [5.74, 6) is 0.934. The second-order valence-electron chi connectivity index (χ2n) is 5.37. The van der Waals surface area contributed by atoms with Crippen LogP contribution < -0.4 is 10.1 Å². The third kappa shape index (κ3) is 3.24. The first-order chi connectivity index (χ1) is 10.1. The van der Waals surface area contributed by atoms with Crippen LogP contribution in [0.15, 0.2) is 30.5 Å². The number of hydrogen-bond acceptors (Lipinski definition) is 3. The van der Waals surface area contributed by atoms with E-state index in [4.69, 9.17) is 4.74 Å². The van der Waals surface area contributed by atoms with E-state index in [0.29, 0.717) is 0 Å². The van der Waals surface area contributed by atoms with Gasteiger partial charge in [0.1, 0.15) is 5.75 Å². The summed E-state index contributed by atoms with van der Waals surface area (Å²) in [5, 5.41) is 3.56. The van der Waals surface area contributed by atoms with Crippen LogP contribution in [0.5, 0.6) is 5.75 Å². The van der Waals surface area contributed by atoms with Crippen molar-refractivity contribution in [3.8, 4) is 5.75 Å².